The van der Waals surface area contributed by atoms with Crippen LogP contribution in [0.5, 0.6) is 0 Å². The summed E-state index contributed by atoms with van der Waals surface area (Å²) in [4.78, 5) is 0. The highest BCUT2D eigenvalue weighted by Gasteiger charge is 2.16. The van der Waals surface area contributed by atoms with Crippen molar-refractivity contribution >= 4 is 27.7 Å². The highest BCUT2D eigenvalue weighted by atomic mass is 79.9. The molecular formula is C15H24BrNS. The lowest BCUT2D eigenvalue weighted by Gasteiger charge is -2.25. The van der Waals surface area contributed by atoms with Crippen molar-refractivity contribution in [3.05, 3.63) is 34.3 Å². The molecule has 1 N–H and O–H groups in total. The Morgan fingerprint density at radius 2 is 2.17 bits per heavy atom. The van der Waals surface area contributed by atoms with E-state index in [4.69, 9.17) is 0 Å². The van der Waals surface area contributed by atoms with Gasteiger partial charge in [-0.15, -0.1) is 0 Å². The molecule has 1 nitrogen and oxygen atoms in total. The minimum absolute atomic E-state index is 0.576. The zero-order valence-corrected chi connectivity index (χ0v) is 14.0. The van der Waals surface area contributed by atoms with Gasteiger partial charge < -0.3 is 5.32 Å². The average Bonchev–Trinajstić information content (AvgIpc) is 2.34. The summed E-state index contributed by atoms with van der Waals surface area (Å²) in [5.41, 5.74) is 1.41. The van der Waals surface area contributed by atoms with Crippen LogP contribution in [0.1, 0.15) is 25.8 Å². The van der Waals surface area contributed by atoms with Gasteiger partial charge in [-0.25, -0.2) is 0 Å². The quantitative estimate of drug-likeness (QED) is 0.760. The Morgan fingerprint density at radius 3 is 2.78 bits per heavy atom. The normalized spacial score (nSPS) is 14.4. The largest absolute Gasteiger partial charge is 0.313 e. The third kappa shape index (κ3) is 5.77. The van der Waals surface area contributed by atoms with Gasteiger partial charge in [0.15, 0.2) is 0 Å². The number of hydrogen-bond donors (Lipinski definition) is 1. The van der Waals surface area contributed by atoms with E-state index in [1.54, 1.807) is 0 Å². The molecule has 0 aliphatic heterocycles. The maximum absolute atomic E-state index is 3.69. The summed E-state index contributed by atoms with van der Waals surface area (Å²) < 4.78 is 1.17. The molecule has 0 bridgehead atoms. The van der Waals surface area contributed by atoms with Gasteiger partial charge in [0.2, 0.25) is 0 Å². The van der Waals surface area contributed by atoms with Gasteiger partial charge in [-0.05, 0) is 55.0 Å². The first-order valence-corrected chi connectivity index (χ1v) is 8.82. The zero-order valence-electron chi connectivity index (χ0n) is 11.6. The van der Waals surface area contributed by atoms with Crippen LogP contribution in [0.4, 0.5) is 0 Å². The van der Waals surface area contributed by atoms with E-state index in [9.17, 15) is 0 Å². The smallest absolute Gasteiger partial charge is 0.0178 e. The lowest BCUT2D eigenvalue weighted by atomic mass is 9.96. The van der Waals surface area contributed by atoms with E-state index in [2.05, 4.69) is 65.6 Å². The molecule has 0 aliphatic carbocycles. The number of halogens is 1. The van der Waals surface area contributed by atoms with Crippen molar-refractivity contribution in [1.29, 1.82) is 0 Å². The lowest BCUT2D eigenvalue weighted by molar-refractivity contribution is 0.402. The first-order chi connectivity index (χ1) is 8.67. The first-order valence-electron chi connectivity index (χ1n) is 6.64. The second kappa shape index (κ2) is 9.00. The summed E-state index contributed by atoms with van der Waals surface area (Å²) in [6, 6.07) is 9.23. The Kier molecular flexibility index (Phi) is 8.03. The maximum Gasteiger partial charge on any atom is 0.0178 e. The van der Waals surface area contributed by atoms with Crippen molar-refractivity contribution in [1.82, 2.24) is 5.32 Å². The van der Waals surface area contributed by atoms with Crippen molar-refractivity contribution in [3.8, 4) is 0 Å². The molecule has 1 aromatic rings. The fourth-order valence-electron chi connectivity index (χ4n) is 2.10. The van der Waals surface area contributed by atoms with E-state index >= 15 is 0 Å². The Hall–Kier alpha value is 0.01000. The molecule has 0 fully saturated rings. The van der Waals surface area contributed by atoms with Crippen LogP contribution in [-0.4, -0.2) is 24.6 Å². The van der Waals surface area contributed by atoms with E-state index in [-0.39, 0.29) is 0 Å². The third-order valence-electron chi connectivity index (χ3n) is 3.12. The molecule has 102 valence electrons. The summed E-state index contributed by atoms with van der Waals surface area (Å²) in [6.07, 6.45) is 4.49. The molecule has 2 atom stereocenters. The number of thioether (sulfide) groups is 1. The molecular weight excluding hydrogens is 306 g/mol. The van der Waals surface area contributed by atoms with Gasteiger partial charge in [0.1, 0.15) is 0 Å². The van der Waals surface area contributed by atoms with Crippen LogP contribution in [-0.2, 0) is 6.42 Å². The molecule has 0 saturated carbocycles. The SMILES string of the molecule is CCCNC(Cc1cccc(Br)c1)C(C)CSC. The molecule has 3 heteroatoms. The average molecular weight is 330 g/mol. The van der Waals surface area contributed by atoms with Crippen LogP contribution in [0.2, 0.25) is 0 Å². The predicted octanol–water partition coefficient (Wildman–Crippen LogP) is 4.36. The first kappa shape index (κ1) is 16.1. The second-order valence-electron chi connectivity index (χ2n) is 4.83. The summed E-state index contributed by atoms with van der Waals surface area (Å²) >= 11 is 5.48. The molecule has 0 aromatic heterocycles. The fraction of sp³-hybridized carbons (Fsp3) is 0.600. The van der Waals surface area contributed by atoms with Crippen LogP contribution in [0, 0.1) is 5.92 Å². The molecule has 0 aliphatic rings. The molecule has 1 rings (SSSR count). The highest BCUT2D eigenvalue weighted by Crippen LogP contribution is 2.17. The van der Waals surface area contributed by atoms with Gasteiger partial charge in [0.25, 0.3) is 0 Å². The summed E-state index contributed by atoms with van der Waals surface area (Å²) in [5.74, 6) is 1.92. The zero-order chi connectivity index (χ0) is 13.4. The standard InChI is InChI=1S/C15H24BrNS/c1-4-8-17-15(12(2)11-18-3)10-13-6-5-7-14(16)9-13/h5-7,9,12,15,17H,4,8,10-11H2,1-3H3. The molecule has 0 radical (unpaired) electrons. The Labute approximate surface area is 124 Å². The van der Waals surface area contributed by atoms with Crippen LogP contribution in [0.25, 0.3) is 0 Å². The summed E-state index contributed by atoms with van der Waals surface area (Å²) in [7, 11) is 0. The molecule has 0 spiro atoms. The second-order valence-corrected chi connectivity index (χ2v) is 6.65. The highest BCUT2D eigenvalue weighted by molar-refractivity contribution is 9.10. The van der Waals surface area contributed by atoms with Gasteiger partial charge in [-0.2, -0.15) is 11.8 Å². The number of rotatable bonds is 8. The van der Waals surface area contributed by atoms with Crippen molar-refractivity contribution in [3.63, 3.8) is 0 Å². The van der Waals surface area contributed by atoms with Crippen LogP contribution < -0.4 is 5.32 Å². The Balaban J connectivity index is 2.64. The van der Waals surface area contributed by atoms with E-state index < -0.39 is 0 Å². The minimum atomic E-state index is 0.576. The van der Waals surface area contributed by atoms with Crippen molar-refractivity contribution in [2.24, 2.45) is 5.92 Å². The van der Waals surface area contributed by atoms with Gasteiger partial charge in [-0.3, -0.25) is 0 Å². The number of nitrogens with one attached hydrogen (secondary N) is 1. The number of benzene rings is 1. The van der Waals surface area contributed by atoms with Gasteiger partial charge in [-0.1, -0.05) is 41.9 Å². The van der Waals surface area contributed by atoms with Crippen molar-refractivity contribution in [2.75, 3.05) is 18.6 Å². The molecule has 0 saturated heterocycles. The van der Waals surface area contributed by atoms with E-state index in [0.717, 1.165) is 13.0 Å². The molecule has 1 aromatic carbocycles. The third-order valence-corrected chi connectivity index (χ3v) is 4.47. The molecule has 2 unspecified atom stereocenters. The van der Waals surface area contributed by atoms with E-state index in [1.165, 1.54) is 22.2 Å². The fourth-order valence-corrected chi connectivity index (χ4v) is 3.31. The Bertz CT molecular complexity index is 343. The minimum Gasteiger partial charge on any atom is -0.313 e. The summed E-state index contributed by atoms with van der Waals surface area (Å²) in [5, 5.41) is 3.69. The van der Waals surface area contributed by atoms with Gasteiger partial charge in [0.05, 0.1) is 0 Å². The maximum atomic E-state index is 3.69. The van der Waals surface area contributed by atoms with Crippen molar-refractivity contribution < 1.29 is 0 Å². The van der Waals surface area contributed by atoms with E-state index in [0.29, 0.717) is 12.0 Å². The monoisotopic (exact) mass is 329 g/mol. The van der Waals surface area contributed by atoms with Gasteiger partial charge in [0, 0.05) is 10.5 Å². The van der Waals surface area contributed by atoms with Gasteiger partial charge >= 0.3 is 0 Å². The number of hydrogen-bond acceptors (Lipinski definition) is 2. The lowest BCUT2D eigenvalue weighted by Crippen LogP contribution is -2.38. The van der Waals surface area contributed by atoms with Crippen molar-refractivity contribution in [2.45, 2.75) is 32.7 Å². The van der Waals surface area contributed by atoms with E-state index in [1.807, 2.05) is 11.8 Å². The van der Waals surface area contributed by atoms with Crippen LogP contribution in [0.15, 0.2) is 28.7 Å². The molecule has 18 heavy (non-hydrogen) atoms. The Morgan fingerprint density at radius 1 is 1.39 bits per heavy atom. The molecule has 0 amide bonds. The van der Waals surface area contributed by atoms with Crippen LogP contribution in [0.3, 0.4) is 0 Å². The topological polar surface area (TPSA) is 12.0 Å². The predicted molar refractivity (Wildman–Crippen MR) is 87.5 cm³/mol. The molecule has 0 heterocycles. The van der Waals surface area contributed by atoms with Crippen LogP contribution >= 0.6 is 27.7 Å². The summed E-state index contributed by atoms with van der Waals surface area (Å²) in [6.45, 7) is 5.68.